The van der Waals surface area contributed by atoms with Gasteiger partial charge >= 0.3 is 6.09 Å². The standard InChI is InChI=1S/C26H29FN4O4/c1-26(2,3)35-25(34)31-19-9-7-16(13-19)23(31)24(33)29-18(14-28)12-17-11-15(8-10-20(17)27)21-5-4-6-22(32)30-21/h4-6,8,10-11,16,18-19,23H,7,9,12-13H2,1-3H3,(H,29,33)(H,30,32)/t16-,18-,19+,23-/m0/s1. The summed E-state index contributed by atoms with van der Waals surface area (Å²) in [4.78, 5) is 41.9. The van der Waals surface area contributed by atoms with Crippen molar-refractivity contribution < 1.29 is 18.7 Å². The number of ether oxygens (including phenoxy) is 1. The van der Waals surface area contributed by atoms with Crippen molar-refractivity contribution in [2.24, 2.45) is 5.92 Å². The first-order valence-corrected chi connectivity index (χ1v) is 11.7. The van der Waals surface area contributed by atoms with E-state index in [-0.39, 0.29) is 29.5 Å². The number of pyridine rings is 1. The number of rotatable bonds is 5. The third kappa shape index (κ3) is 5.37. The van der Waals surface area contributed by atoms with Crippen molar-refractivity contribution in [3.05, 3.63) is 58.1 Å². The lowest BCUT2D eigenvalue weighted by atomic mass is 9.97. The van der Waals surface area contributed by atoms with Crippen LogP contribution in [0.2, 0.25) is 0 Å². The average molecular weight is 481 g/mol. The van der Waals surface area contributed by atoms with E-state index in [9.17, 15) is 24.0 Å². The highest BCUT2D eigenvalue weighted by molar-refractivity contribution is 5.87. The number of carbonyl (C=O) groups is 2. The molecule has 35 heavy (non-hydrogen) atoms. The highest BCUT2D eigenvalue weighted by Gasteiger charge is 2.52. The summed E-state index contributed by atoms with van der Waals surface area (Å²) >= 11 is 0. The van der Waals surface area contributed by atoms with Crippen molar-refractivity contribution in [2.75, 3.05) is 0 Å². The fraction of sp³-hybridized carbons (Fsp3) is 0.462. The molecule has 1 aromatic carbocycles. The number of likely N-dealkylation sites (tertiary alicyclic amines) is 1. The van der Waals surface area contributed by atoms with Crippen LogP contribution in [-0.2, 0) is 16.0 Å². The molecule has 8 nitrogen and oxygen atoms in total. The van der Waals surface area contributed by atoms with E-state index in [4.69, 9.17) is 4.74 Å². The van der Waals surface area contributed by atoms with Gasteiger partial charge in [0.15, 0.2) is 0 Å². The van der Waals surface area contributed by atoms with Crippen LogP contribution in [0.5, 0.6) is 0 Å². The molecule has 1 saturated carbocycles. The molecule has 4 atom stereocenters. The molecule has 1 aliphatic heterocycles. The number of halogens is 1. The van der Waals surface area contributed by atoms with E-state index in [1.165, 1.54) is 23.1 Å². The minimum Gasteiger partial charge on any atom is -0.444 e. The number of carbonyl (C=O) groups excluding carboxylic acids is 2. The molecule has 2 fully saturated rings. The number of nitrogens with zero attached hydrogens (tertiary/aromatic N) is 2. The maximum atomic E-state index is 14.6. The Labute approximate surface area is 203 Å². The third-order valence-corrected chi connectivity index (χ3v) is 6.48. The Balaban J connectivity index is 1.50. The van der Waals surface area contributed by atoms with Gasteiger partial charge in [-0.25, -0.2) is 9.18 Å². The molecule has 0 radical (unpaired) electrons. The topological polar surface area (TPSA) is 115 Å². The maximum Gasteiger partial charge on any atom is 0.411 e. The molecule has 2 aliphatic rings. The van der Waals surface area contributed by atoms with Gasteiger partial charge in [0.05, 0.1) is 6.07 Å². The lowest BCUT2D eigenvalue weighted by Gasteiger charge is -2.35. The van der Waals surface area contributed by atoms with Gasteiger partial charge in [0.2, 0.25) is 11.5 Å². The maximum absolute atomic E-state index is 14.6. The van der Waals surface area contributed by atoms with Gasteiger partial charge in [-0.1, -0.05) is 6.07 Å². The monoisotopic (exact) mass is 480 g/mol. The quantitative estimate of drug-likeness (QED) is 0.680. The van der Waals surface area contributed by atoms with Crippen molar-refractivity contribution >= 4 is 12.0 Å². The minimum absolute atomic E-state index is 0.00169. The van der Waals surface area contributed by atoms with E-state index in [0.29, 0.717) is 11.3 Å². The molecule has 2 aromatic rings. The molecule has 2 heterocycles. The van der Waals surface area contributed by atoms with Crippen molar-refractivity contribution in [1.82, 2.24) is 15.2 Å². The number of nitriles is 1. The Morgan fingerprint density at radius 3 is 2.74 bits per heavy atom. The van der Waals surface area contributed by atoms with Crippen LogP contribution < -0.4 is 10.9 Å². The fourth-order valence-corrected chi connectivity index (χ4v) is 5.02. The van der Waals surface area contributed by atoms with Gasteiger partial charge in [0.1, 0.15) is 23.5 Å². The Hall–Kier alpha value is -3.67. The fourth-order valence-electron chi connectivity index (χ4n) is 5.02. The Kier molecular flexibility index (Phi) is 6.66. The molecular weight excluding hydrogens is 451 g/mol. The molecule has 2 N–H and O–H groups in total. The smallest absolute Gasteiger partial charge is 0.411 e. The molecule has 2 bridgehead atoms. The highest BCUT2D eigenvalue weighted by Crippen LogP contribution is 2.43. The van der Waals surface area contributed by atoms with Crippen LogP contribution in [0.3, 0.4) is 0 Å². The predicted octanol–water partition coefficient (Wildman–Crippen LogP) is 3.52. The van der Waals surface area contributed by atoms with Gasteiger partial charge < -0.3 is 15.0 Å². The first-order valence-electron chi connectivity index (χ1n) is 11.7. The number of piperidine rings is 1. The lowest BCUT2D eigenvalue weighted by molar-refractivity contribution is -0.128. The molecule has 9 heteroatoms. The molecule has 2 amide bonds. The zero-order valence-corrected chi connectivity index (χ0v) is 20.0. The van der Waals surface area contributed by atoms with Crippen molar-refractivity contribution in [3.8, 4) is 17.3 Å². The van der Waals surface area contributed by atoms with Crippen LogP contribution >= 0.6 is 0 Å². The Morgan fingerprint density at radius 1 is 1.29 bits per heavy atom. The second kappa shape index (κ2) is 9.53. The van der Waals surface area contributed by atoms with Gasteiger partial charge in [0, 0.05) is 24.2 Å². The van der Waals surface area contributed by atoms with Gasteiger partial charge in [-0.2, -0.15) is 5.26 Å². The van der Waals surface area contributed by atoms with E-state index in [0.717, 1.165) is 19.3 Å². The Morgan fingerprint density at radius 2 is 2.06 bits per heavy atom. The molecule has 1 saturated heterocycles. The van der Waals surface area contributed by atoms with Gasteiger partial charge in [0.25, 0.3) is 0 Å². The van der Waals surface area contributed by atoms with Crippen molar-refractivity contribution in [3.63, 3.8) is 0 Å². The van der Waals surface area contributed by atoms with Gasteiger partial charge in [-0.15, -0.1) is 0 Å². The number of benzene rings is 1. The summed E-state index contributed by atoms with van der Waals surface area (Å²) in [6, 6.07) is 9.30. The van der Waals surface area contributed by atoms with Gasteiger partial charge in [-0.05, 0) is 81.3 Å². The van der Waals surface area contributed by atoms with Crippen LogP contribution in [0.25, 0.3) is 11.3 Å². The number of aromatic amines is 1. The van der Waals surface area contributed by atoms with Crippen LogP contribution in [0.15, 0.2) is 41.2 Å². The highest BCUT2D eigenvalue weighted by atomic mass is 19.1. The Bertz CT molecular complexity index is 1230. The minimum atomic E-state index is -0.998. The van der Waals surface area contributed by atoms with E-state index in [2.05, 4.69) is 10.3 Å². The van der Waals surface area contributed by atoms with Gasteiger partial charge in [-0.3, -0.25) is 14.5 Å². The lowest BCUT2D eigenvalue weighted by Crippen LogP contribution is -2.55. The number of hydrogen-bond acceptors (Lipinski definition) is 5. The van der Waals surface area contributed by atoms with Crippen LogP contribution in [0.1, 0.15) is 45.6 Å². The first kappa shape index (κ1) is 24.5. The summed E-state index contributed by atoms with van der Waals surface area (Å²) in [6.45, 7) is 5.31. The summed E-state index contributed by atoms with van der Waals surface area (Å²) in [5.41, 5.74) is 0.366. The molecule has 184 valence electrons. The molecule has 4 rings (SSSR count). The van der Waals surface area contributed by atoms with Crippen molar-refractivity contribution in [2.45, 2.75) is 70.2 Å². The summed E-state index contributed by atoms with van der Waals surface area (Å²) < 4.78 is 20.1. The number of H-pyrrole nitrogens is 1. The molecule has 1 aliphatic carbocycles. The van der Waals surface area contributed by atoms with E-state index >= 15 is 0 Å². The SMILES string of the molecule is CC(C)(C)OC(=O)N1[C@@H]2CC[C@@H](C2)[C@H]1C(=O)N[C@H](C#N)Cc1cc(-c2cccc(=O)[nH]2)ccc1F. The molecule has 0 unspecified atom stereocenters. The van der Waals surface area contributed by atoms with Crippen LogP contribution in [0, 0.1) is 23.1 Å². The summed E-state index contributed by atoms with van der Waals surface area (Å²) in [7, 11) is 0. The number of fused-ring (bicyclic) bond motifs is 2. The van der Waals surface area contributed by atoms with Crippen molar-refractivity contribution in [1.29, 1.82) is 5.26 Å². The summed E-state index contributed by atoms with van der Waals surface area (Å²) in [5.74, 6) is -0.947. The number of amides is 2. The number of hydrogen-bond donors (Lipinski definition) is 2. The van der Waals surface area contributed by atoms with E-state index in [1.54, 1.807) is 39.0 Å². The zero-order chi connectivity index (χ0) is 25.3. The molecule has 0 spiro atoms. The summed E-state index contributed by atoms with van der Waals surface area (Å²) in [6.07, 6.45) is 1.77. The number of aromatic nitrogens is 1. The second-order valence-electron chi connectivity index (χ2n) is 10.2. The second-order valence-corrected chi connectivity index (χ2v) is 10.2. The normalized spacial score (nSPS) is 21.9. The first-order chi connectivity index (χ1) is 16.6. The zero-order valence-electron chi connectivity index (χ0n) is 20.0. The largest absolute Gasteiger partial charge is 0.444 e. The predicted molar refractivity (Wildman–Crippen MR) is 127 cm³/mol. The van der Waals surface area contributed by atoms with E-state index < -0.39 is 35.5 Å². The number of nitrogens with one attached hydrogen (secondary N) is 2. The van der Waals surface area contributed by atoms with E-state index in [1.807, 2.05) is 6.07 Å². The van der Waals surface area contributed by atoms with Crippen LogP contribution in [-0.4, -0.2) is 45.6 Å². The molecular formula is C26H29FN4O4. The molecule has 1 aromatic heterocycles. The average Bonchev–Trinajstić information content (AvgIpc) is 3.40. The third-order valence-electron chi connectivity index (χ3n) is 6.48. The van der Waals surface area contributed by atoms with Crippen LogP contribution in [0.4, 0.5) is 9.18 Å². The summed E-state index contributed by atoms with van der Waals surface area (Å²) in [5, 5.41) is 12.4.